The molecule has 1 aliphatic carbocycles. The SMILES string of the molecule is O=C(/C=C/C(=O)N1CCN(S(=O)(=O)c2ccccc2)CC1)NC1CC2(COC2)C1. The third-order valence-electron chi connectivity index (χ3n) is 5.83. The summed E-state index contributed by atoms with van der Waals surface area (Å²) in [4.78, 5) is 26.1. The molecule has 2 aliphatic heterocycles. The van der Waals surface area contributed by atoms with Crippen molar-refractivity contribution in [2.75, 3.05) is 39.4 Å². The van der Waals surface area contributed by atoms with Crippen LogP contribution in [0.4, 0.5) is 0 Å². The number of carbonyl (C=O) groups excluding carboxylic acids is 2. The number of hydrogen-bond acceptors (Lipinski definition) is 5. The Kier molecular flexibility index (Phi) is 5.46. The van der Waals surface area contributed by atoms with E-state index in [0.717, 1.165) is 26.1 Å². The lowest BCUT2D eigenvalue weighted by atomic mass is 9.64. The fraction of sp³-hybridized carbons (Fsp3) is 0.500. The van der Waals surface area contributed by atoms with E-state index in [9.17, 15) is 18.0 Å². The van der Waals surface area contributed by atoms with Crippen molar-refractivity contribution in [3.05, 3.63) is 42.5 Å². The fourth-order valence-corrected chi connectivity index (χ4v) is 5.55. The quantitative estimate of drug-likeness (QED) is 0.696. The second-order valence-corrected chi connectivity index (χ2v) is 9.92. The zero-order valence-corrected chi connectivity index (χ0v) is 16.9. The van der Waals surface area contributed by atoms with Crippen LogP contribution in [0.25, 0.3) is 0 Å². The smallest absolute Gasteiger partial charge is 0.246 e. The second-order valence-electron chi connectivity index (χ2n) is 7.98. The van der Waals surface area contributed by atoms with E-state index in [2.05, 4.69) is 5.32 Å². The standard InChI is InChI=1S/C20H25N3O5S/c24-18(21-16-12-20(13-16)14-28-15-20)6-7-19(25)22-8-10-23(11-9-22)29(26,27)17-4-2-1-3-5-17/h1-7,16H,8-15H2,(H,21,24)/b7-6+. The summed E-state index contributed by atoms with van der Waals surface area (Å²) in [6.07, 6.45) is 4.38. The summed E-state index contributed by atoms with van der Waals surface area (Å²) in [6, 6.07) is 8.42. The van der Waals surface area contributed by atoms with E-state index in [1.54, 1.807) is 35.2 Å². The molecule has 3 fully saturated rings. The normalized spacial score (nSPS) is 22.3. The number of piperazine rings is 1. The van der Waals surface area contributed by atoms with Gasteiger partial charge < -0.3 is 15.0 Å². The Morgan fingerprint density at radius 1 is 1.03 bits per heavy atom. The van der Waals surface area contributed by atoms with E-state index in [4.69, 9.17) is 4.74 Å². The highest BCUT2D eigenvalue weighted by Gasteiger charge is 2.50. The van der Waals surface area contributed by atoms with Gasteiger partial charge in [-0.25, -0.2) is 8.42 Å². The molecule has 1 aromatic rings. The predicted molar refractivity (Wildman–Crippen MR) is 105 cm³/mol. The number of ether oxygens (including phenoxy) is 1. The van der Waals surface area contributed by atoms with E-state index >= 15 is 0 Å². The van der Waals surface area contributed by atoms with Gasteiger partial charge in [-0.15, -0.1) is 0 Å². The molecule has 2 heterocycles. The zero-order valence-electron chi connectivity index (χ0n) is 16.1. The van der Waals surface area contributed by atoms with Gasteiger partial charge in [0, 0.05) is 49.8 Å². The van der Waals surface area contributed by atoms with Crippen molar-refractivity contribution in [3.8, 4) is 0 Å². The van der Waals surface area contributed by atoms with Gasteiger partial charge >= 0.3 is 0 Å². The number of benzene rings is 1. The third kappa shape index (κ3) is 4.22. The van der Waals surface area contributed by atoms with Gasteiger partial charge in [-0.2, -0.15) is 4.31 Å². The molecule has 1 N–H and O–H groups in total. The maximum absolute atomic E-state index is 12.6. The summed E-state index contributed by atoms with van der Waals surface area (Å²) in [5.41, 5.74) is 0.275. The monoisotopic (exact) mass is 419 g/mol. The van der Waals surface area contributed by atoms with Gasteiger partial charge in [0.15, 0.2) is 0 Å². The van der Waals surface area contributed by atoms with Gasteiger partial charge in [0.05, 0.1) is 18.1 Å². The Bertz CT molecular complexity index is 895. The summed E-state index contributed by atoms with van der Waals surface area (Å²) >= 11 is 0. The van der Waals surface area contributed by atoms with E-state index in [1.165, 1.54) is 16.5 Å². The highest BCUT2D eigenvalue weighted by Crippen LogP contribution is 2.46. The molecule has 4 rings (SSSR count). The number of nitrogens with one attached hydrogen (secondary N) is 1. The van der Waals surface area contributed by atoms with Crippen LogP contribution in [-0.2, 0) is 24.3 Å². The number of rotatable bonds is 5. The van der Waals surface area contributed by atoms with Crippen LogP contribution >= 0.6 is 0 Å². The number of hydrogen-bond donors (Lipinski definition) is 1. The average Bonchev–Trinajstić information content (AvgIpc) is 2.68. The Balaban J connectivity index is 1.23. The van der Waals surface area contributed by atoms with Gasteiger partial charge in [0.1, 0.15) is 0 Å². The van der Waals surface area contributed by atoms with E-state index in [1.807, 2.05) is 0 Å². The second kappa shape index (κ2) is 7.89. The third-order valence-corrected chi connectivity index (χ3v) is 7.74. The molecular weight excluding hydrogens is 394 g/mol. The predicted octanol–water partition coefficient (Wildman–Crippen LogP) is 0.371. The molecule has 156 valence electrons. The first kappa shape index (κ1) is 20.1. The number of nitrogens with zero attached hydrogens (tertiary/aromatic N) is 2. The lowest BCUT2D eigenvalue weighted by Gasteiger charge is -2.53. The number of carbonyl (C=O) groups is 2. The summed E-state index contributed by atoms with van der Waals surface area (Å²) in [6.45, 7) is 2.60. The molecule has 8 nitrogen and oxygen atoms in total. The minimum absolute atomic E-state index is 0.151. The molecule has 2 saturated heterocycles. The molecule has 9 heteroatoms. The summed E-state index contributed by atoms with van der Waals surface area (Å²) in [7, 11) is -3.55. The molecular formula is C20H25N3O5S. The van der Waals surface area contributed by atoms with Crippen molar-refractivity contribution in [3.63, 3.8) is 0 Å². The van der Waals surface area contributed by atoms with Crippen LogP contribution in [0, 0.1) is 5.41 Å². The molecule has 0 bridgehead atoms. The summed E-state index contributed by atoms with van der Waals surface area (Å²) < 4.78 is 31.9. The van der Waals surface area contributed by atoms with Crippen LogP contribution in [0.15, 0.2) is 47.4 Å². The maximum atomic E-state index is 12.6. The van der Waals surface area contributed by atoms with Crippen molar-refractivity contribution < 1.29 is 22.7 Å². The molecule has 3 aliphatic rings. The highest BCUT2D eigenvalue weighted by atomic mass is 32.2. The summed E-state index contributed by atoms with van der Waals surface area (Å²) in [5.74, 6) is -0.557. The Hall–Kier alpha value is -2.23. The average molecular weight is 420 g/mol. The number of sulfonamides is 1. The zero-order chi connectivity index (χ0) is 20.5. The maximum Gasteiger partial charge on any atom is 0.246 e. The summed E-state index contributed by atoms with van der Waals surface area (Å²) in [5, 5.41) is 2.90. The van der Waals surface area contributed by atoms with E-state index < -0.39 is 10.0 Å². The molecule has 1 aromatic carbocycles. The van der Waals surface area contributed by atoms with Crippen molar-refractivity contribution in [2.45, 2.75) is 23.8 Å². The lowest BCUT2D eigenvalue weighted by Crippen LogP contribution is -2.59. The van der Waals surface area contributed by atoms with Crippen LogP contribution in [-0.4, -0.2) is 74.9 Å². The largest absolute Gasteiger partial charge is 0.380 e. The van der Waals surface area contributed by atoms with Crippen LogP contribution in [0.5, 0.6) is 0 Å². The van der Waals surface area contributed by atoms with Crippen LogP contribution in [0.1, 0.15) is 12.8 Å². The van der Waals surface area contributed by atoms with Gasteiger partial charge in [0.25, 0.3) is 0 Å². The first-order valence-corrected chi connectivity index (χ1v) is 11.2. The minimum atomic E-state index is -3.55. The fourth-order valence-electron chi connectivity index (χ4n) is 4.11. The molecule has 1 saturated carbocycles. The van der Waals surface area contributed by atoms with Gasteiger partial charge in [-0.1, -0.05) is 18.2 Å². The Morgan fingerprint density at radius 3 is 2.28 bits per heavy atom. The van der Waals surface area contributed by atoms with Crippen molar-refractivity contribution >= 4 is 21.8 Å². The van der Waals surface area contributed by atoms with Gasteiger partial charge in [0.2, 0.25) is 21.8 Å². The van der Waals surface area contributed by atoms with Gasteiger partial charge in [-0.3, -0.25) is 9.59 Å². The molecule has 2 amide bonds. The first-order valence-electron chi connectivity index (χ1n) is 9.78. The van der Waals surface area contributed by atoms with Crippen molar-refractivity contribution in [1.82, 2.24) is 14.5 Å². The molecule has 0 atom stereocenters. The van der Waals surface area contributed by atoms with Crippen LogP contribution < -0.4 is 5.32 Å². The Labute approximate surface area is 170 Å². The van der Waals surface area contributed by atoms with Crippen molar-refractivity contribution in [1.29, 1.82) is 0 Å². The minimum Gasteiger partial charge on any atom is -0.380 e. The molecule has 0 aromatic heterocycles. The number of amides is 2. The van der Waals surface area contributed by atoms with Gasteiger partial charge in [-0.05, 0) is 25.0 Å². The molecule has 0 radical (unpaired) electrons. The Morgan fingerprint density at radius 2 is 1.69 bits per heavy atom. The topological polar surface area (TPSA) is 96.0 Å². The molecule has 0 unspecified atom stereocenters. The van der Waals surface area contributed by atoms with Crippen molar-refractivity contribution in [2.24, 2.45) is 5.41 Å². The lowest BCUT2D eigenvalue weighted by molar-refractivity contribution is -0.168. The van der Waals surface area contributed by atoms with Crippen LogP contribution in [0.2, 0.25) is 0 Å². The molecule has 1 spiro atoms. The first-order chi connectivity index (χ1) is 13.9. The van der Waals surface area contributed by atoms with Crippen LogP contribution in [0.3, 0.4) is 0 Å². The van der Waals surface area contributed by atoms with E-state index in [0.29, 0.717) is 13.1 Å². The molecule has 29 heavy (non-hydrogen) atoms. The highest BCUT2D eigenvalue weighted by molar-refractivity contribution is 7.89. The van der Waals surface area contributed by atoms with E-state index in [-0.39, 0.29) is 41.3 Å².